The number of carbonyl (C=O) groups excluding carboxylic acids is 2. The second kappa shape index (κ2) is 12.0. The van der Waals surface area contributed by atoms with Gasteiger partial charge in [-0.05, 0) is 18.8 Å². The van der Waals surface area contributed by atoms with Crippen LogP contribution in [0.1, 0.15) is 46.5 Å². The lowest BCUT2D eigenvalue weighted by Gasteiger charge is -2.07. The molecule has 0 bridgehead atoms. The molecule has 0 aliphatic heterocycles. The van der Waals surface area contributed by atoms with Gasteiger partial charge >= 0.3 is 11.9 Å². The van der Waals surface area contributed by atoms with Gasteiger partial charge in [-0.25, -0.2) is 9.59 Å². The highest BCUT2D eigenvalue weighted by Gasteiger charge is 2.07. The van der Waals surface area contributed by atoms with E-state index in [9.17, 15) is 9.59 Å². The van der Waals surface area contributed by atoms with Crippen molar-refractivity contribution in [3.8, 4) is 0 Å². The zero-order valence-electron chi connectivity index (χ0n) is 12.3. The minimum atomic E-state index is -0.445. The molecule has 19 heavy (non-hydrogen) atoms. The van der Waals surface area contributed by atoms with Crippen LogP contribution in [0, 0.1) is 5.92 Å². The van der Waals surface area contributed by atoms with E-state index in [1.807, 2.05) is 0 Å². The molecule has 0 saturated heterocycles. The summed E-state index contributed by atoms with van der Waals surface area (Å²) in [7, 11) is 0. The number of ether oxygens (including phenoxy) is 3. The lowest BCUT2D eigenvalue weighted by atomic mass is 10.1. The molecular formula is C14H26O5. The Morgan fingerprint density at radius 2 is 1.53 bits per heavy atom. The van der Waals surface area contributed by atoms with Gasteiger partial charge < -0.3 is 14.2 Å². The SMILES string of the molecule is CCCCCOC(=O)COCC(=O)OCCC(C)C. The minimum Gasteiger partial charge on any atom is -0.464 e. The summed E-state index contributed by atoms with van der Waals surface area (Å²) in [4.78, 5) is 22.4. The van der Waals surface area contributed by atoms with Crippen molar-refractivity contribution in [1.29, 1.82) is 0 Å². The number of esters is 2. The average Bonchev–Trinajstić information content (AvgIpc) is 2.34. The van der Waals surface area contributed by atoms with Crippen LogP contribution in [0.3, 0.4) is 0 Å². The van der Waals surface area contributed by atoms with Gasteiger partial charge in [-0.15, -0.1) is 0 Å². The third-order valence-electron chi connectivity index (χ3n) is 2.41. The van der Waals surface area contributed by atoms with Crippen LogP contribution in [-0.4, -0.2) is 38.4 Å². The van der Waals surface area contributed by atoms with Gasteiger partial charge in [-0.3, -0.25) is 0 Å². The third kappa shape index (κ3) is 13.1. The Kier molecular flexibility index (Phi) is 11.3. The van der Waals surface area contributed by atoms with E-state index in [4.69, 9.17) is 14.2 Å². The van der Waals surface area contributed by atoms with Crippen molar-refractivity contribution in [3.63, 3.8) is 0 Å². The van der Waals surface area contributed by atoms with Gasteiger partial charge in [-0.1, -0.05) is 33.6 Å². The molecule has 0 aliphatic carbocycles. The van der Waals surface area contributed by atoms with E-state index < -0.39 is 11.9 Å². The minimum absolute atomic E-state index is 0.203. The van der Waals surface area contributed by atoms with Crippen molar-refractivity contribution in [3.05, 3.63) is 0 Å². The first-order valence-corrected chi connectivity index (χ1v) is 6.95. The fraction of sp³-hybridized carbons (Fsp3) is 0.857. The van der Waals surface area contributed by atoms with E-state index in [1.54, 1.807) is 0 Å². The molecule has 112 valence electrons. The predicted molar refractivity (Wildman–Crippen MR) is 71.7 cm³/mol. The van der Waals surface area contributed by atoms with Crippen LogP contribution in [0.15, 0.2) is 0 Å². The molecule has 0 heterocycles. The molecule has 0 saturated carbocycles. The van der Waals surface area contributed by atoms with E-state index >= 15 is 0 Å². The topological polar surface area (TPSA) is 61.8 Å². The maximum Gasteiger partial charge on any atom is 0.332 e. The summed E-state index contributed by atoms with van der Waals surface area (Å²) in [6.07, 6.45) is 3.80. The molecule has 0 rings (SSSR count). The average molecular weight is 274 g/mol. The van der Waals surface area contributed by atoms with Crippen LogP contribution < -0.4 is 0 Å². The monoisotopic (exact) mass is 274 g/mol. The lowest BCUT2D eigenvalue weighted by Crippen LogP contribution is -2.19. The lowest BCUT2D eigenvalue weighted by molar-refractivity contribution is -0.155. The van der Waals surface area contributed by atoms with Crippen LogP contribution in [-0.2, 0) is 23.8 Å². The van der Waals surface area contributed by atoms with E-state index in [0.717, 1.165) is 25.7 Å². The molecule has 0 aliphatic rings. The van der Waals surface area contributed by atoms with Gasteiger partial charge in [0.25, 0.3) is 0 Å². The molecule has 0 atom stereocenters. The van der Waals surface area contributed by atoms with Crippen molar-refractivity contribution < 1.29 is 23.8 Å². The molecule has 0 aromatic heterocycles. The zero-order chi connectivity index (χ0) is 14.5. The van der Waals surface area contributed by atoms with Crippen LogP contribution >= 0.6 is 0 Å². The molecule has 5 heteroatoms. The summed E-state index contributed by atoms with van der Waals surface area (Å²) in [6.45, 7) is 6.58. The first kappa shape index (κ1) is 17.9. The quantitative estimate of drug-likeness (QED) is 0.427. The van der Waals surface area contributed by atoms with Gasteiger partial charge in [0.05, 0.1) is 13.2 Å². The Morgan fingerprint density at radius 1 is 0.947 bits per heavy atom. The summed E-state index contributed by atoms with van der Waals surface area (Å²) in [6, 6.07) is 0. The van der Waals surface area contributed by atoms with E-state index in [2.05, 4.69) is 20.8 Å². The zero-order valence-corrected chi connectivity index (χ0v) is 12.3. The Balaban J connectivity index is 3.40. The van der Waals surface area contributed by atoms with Gasteiger partial charge in [-0.2, -0.15) is 0 Å². The molecule has 0 radical (unpaired) electrons. The van der Waals surface area contributed by atoms with Crippen LogP contribution in [0.25, 0.3) is 0 Å². The summed E-state index contributed by atoms with van der Waals surface area (Å²) < 4.78 is 14.8. The molecular weight excluding hydrogens is 248 g/mol. The maximum absolute atomic E-state index is 11.2. The Hall–Kier alpha value is -1.10. The molecule has 0 unspecified atom stereocenters. The highest BCUT2D eigenvalue weighted by molar-refractivity contribution is 5.73. The fourth-order valence-electron chi connectivity index (χ4n) is 1.25. The summed E-state index contributed by atoms with van der Waals surface area (Å²) >= 11 is 0. The third-order valence-corrected chi connectivity index (χ3v) is 2.41. The highest BCUT2D eigenvalue weighted by Crippen LogP contribution is 1.99. The van der Waals surface area contributed by atoms with E-state index in [-0.39, 0.29) is 13.2 Å². The molecule has 5 nitrogen and oxygen atoms in total. The second-order valence-corrected chi connectivity index (χ2v) is 4.82. The first-order chi connectivity index (χ1) is 9.06. The van der Waals surface area contributed by atoms with Crippen molar-refractivity contribution in [2.75, 3.05) is 26.4 Å². The van der Waals surface area contributed by atoms with Crippen molar-refractivity contribution in [2.45, 2.75) is 46.5 Å². The summed E-state index contributed by atoms with van der Waals surface area (Å²) in [5, 5.41) is 0. The number of hydrogen-bond acceptors (Lipinski definition) is 5. The van der Waals surface area contributed by atoms with Gasteiger partial charge in [0.2, 0.25) is 0 Å². The normalized spacial score (nSPS) is 10.5. The molecule has 0 aromatic rings. The Labute approximate surface area is 115 Å². The molecule has 0 spiro atoms. The van der Waals surface area contributed by atoms with Crippen LogP contribution in [0.5, 0.6) is 0 Å². The van der Waals surface area contributed by atoms with Gasteiger partial charge in [0, 0.05) is 0 Å². The Bertz CT molecular complexity index is 250. The largest absolute Gasteiger partial charge is 0.464 e. The smallest absolute Gasteiger partial charge is 0.332 e. The van der Waals surface area contributed by atoms with Crippen molar-refractivity contribution in [2.24, 2.45) is 5.92 Å². The number of rotatable bonds is 11. The number of carbonyl (C=O) groups is 2. The first-order valence-electron chi connectivity index (χ1n) is 6.95. The summed E-state index contributed by atoms with van der Waals surface area (Å²) in [5.41, 5.74) is 0. The highest BCUT2D eigenvalue weighted by atomic mass is 16.6. The van der Waals surface area contributed by atoms with Crippen molar-refractivity contribution >= 4 is 11.9 Å². The number of unbranched alkanes of at least 4 members (excludes halogenated alkanes) is 2. The van der Waals surface area contributed by atoms with E-state index in [0.29, 0.717) is 19.1 Å². The van der Waals surface area contributed by atoms with E-state index in [1.165, 1.54) is 0 Å². The second-order valence-electron chi connectivity index (χ2n) is 4.82. The van der Waals surface area contributed by atoms with Crippen LogP contribution in [0.4, 0.5) is 0 Å². The molecule has 0 amide bonds. The molecule has 0 N–H and O–H groups in total. The van der Waals surface area contributed by atoms with Crippen LogP contribution in [0.2, 0.25) is 0 Å². The fourth-order valence-corrected chi connectivity index (χ4v) is 1.25. The van der Waals surface area contributed by atoms with Gasteiger partial charge in [0.1, 0.15) is 13.2 Å². The standard InChI is InChI=1S/C14H26O5/c1-4-5-6-8-18-13(15)10-17-11-14(16)19-9-7-12(2)3/h12H,4-11H2,1-3H3. The number of hydrogen-bond donors (Lipinski definition) is 0. The molecule has 0 fully saturated rings. The predicted octanol–water partition coefficient (Wildman–Crippen LogP) is 2.33. The van der Waals surface area contributed by atoms with Gasteiger partial charge in [0.15, 0.2) is 0 Å². The summed E-state index contributed by atoms with van der Waals surface area (Å²) in [5.74, 6) is -0.391. The molecule has 0 aromatic carbocycles. The Morgan fingerprint density at radius 3 is 2.05 bits per heavy atom. The van der Waals surface area contributed by atoms with Crippen molar-refractivity contribution in [1.82, 2.24) is 0 Å². The maximum atomic E-state index is 11.2.